The smallest absolute Gasteiger partial charge is 0.244 e. The molecule has 186 valence electrons. The molecule has 1 N–H and O–H groups in total. The van der Waals surface area contributed by atoms with E-state index in [4.69, 9.17) is 34.8 Å². The van der Waals surface area contributed by atoms with Crippen LogP contribution in [0, 0.1) is 6.92 Å². The van der Waals surface area contributed by atoms with Crippen LogP contribution in [0.25, 0.3) is 0 Å². The van der Waals surface area contributed by atoms with Crippen LogP contribution in [0.5, 0.6) is 0 Å². The molecule has 0 aliphatic carbocycles. The molecule has 0 aliphatic heterocycles. The Kier molecular flexibility index (Phi) is 10.1. The molecule has 2 aromatic rings. The van der Waals surface area contributed by atoms with Crippen molar-refractivity contribution in [2.75, 3.05) is 23.7 Å². The largest absolute Gasteiger partial charge is 0.355 e. The van der Waals surface area contributed by atoms with Gasteiger partial charge in [0.05, 0.1) is 22.0 Å². The molecular weight excluding hydrogens is 521 g/mol. The number of likely N-dealkylation sites (N-methyl/N-ethyl adjacent to an activating group) is 1. The Hall–Kier alpha value is -2.00. The number of benzene rings is 2. The Bertz CT molecular complexity index is 1160. The number of carbonyl (C=O) groups is 2. The molecule has 0 fully saturated rings. The average Bonchev–Trinajstić information content (AvgIpc) is 2.76. The maximum Gasteiger partial charge on any atom is 0.244 e. The van der Waals surface area contributed by atoms with E-state index in [1.165, 1.54) is 4.90 Å². The number of anilines is 1. The fourth-order valence-electron chi connectivity index (χ4n) is 3.51. The van der Waals surface area contributed by atoms with Crippen molar-refractivity contribution in [3.63, 3.8) is 0 Å². The van der Waals surface area contributed by atoms with Crippen molar-refractivity contribution in [2.24, 2.45) is 0 Å². The Labute approximate surface area is 216 Å². The van der Waals surface area contributed by atoms with Gasteiger partial charge in [0.2, 0.25) is 21.8 Å². The third kappa shape index (κ3) is 7.01. The van der Waals surface area contributed by atoms with Gasteiger partial charge in [-0.15, -0.1) is 0 Å². The van der Waals surface area contributed by atoms with Crippen LogP contribution in [-0.2, 0) is 26.2 Å². The molecule has 0 heterocycles. The lowest BCUT2D eigenvalue weighted by Gasteiger charge is -2.33. The van der Waals surface area contributed by atoms with Crippen LogP contribution in [0.2, 0.25) is 15.1 Å². The number of sulfonamides is 1. The Morgan fingerprint density at radius 2 is 1.71 bits per heavy atom. The van der Waals surface area contributed by atoms with Crippen LogP contribution >= 0.6 is 34.8 Å². The van der Waals surface area contributed by atoms with Gasteiger partial charge in [0.25, 0.3) is 0 Å². The minimum atomic E-state index is -3.85. The molecule has 0 saturated heterocycles. The Balaban J connectivity index is 2.50. The Morgan fingerprint density at radius 1 is 1.03 bits per heavy atom. The Morgan fingerprint density at radius 3 is 2.26 bits per heavy atom. The number of nitrogens with zero attached hydrogens (tertiary/aromatic N) is 2. The van der Waals surface area contributed by atoms with Gasteiger partial charge in [-0.2, -0.15) is 0 Å². The second-order valence-electron chi connectivity index (χ2n) is 7.74. The second kappa shape index (κ2) is 12.1. The second-order valence-corrected chi connectivity index (χ2v) is 10.9. The number of carbonyl (C=O) groups excluding carboxylic acids is 2. The van der Waals surface area contributed by atoms with E-state index in [9.17, 15) is 18.0 Å². The number of amides is 2. The SMILES string of the molecule is CCNC(=O)C(CC)N(Cc1ccc(Cl)c(Cl)c1)C(=O)CN(c1cccc(Cl)c1C)S(C)(=O)=O. The van der Waals surface area contributed by atoms with Gasteiger partial charge in [0, 0.05) is 18.1 Å². The van der Waals surface area contributed by atoms with Crippen molar-refractivity contribution in [1.29, 1.82) is 0 Å². The third-order valence-corrected chi connectivity index (χ3v) is 7.54. The highest BCUT2D eigenvalue weighted by Crippen LogP contribution is 2.29. The molecule has 0 aromatic heterocycles. The summed E-state index contributed by atoms with van der Waals surface area (Å²) in [4.78, 5) is 27.7. The molecule has 0 saturated carbocycles. The molecule has 0 aliphatic rings. The highest BCUT2D eigenvalue weighted by atomic mass is 35.5. The molecular formula is C23H28Cl3N3O4S. The lowest BCUT2D eigenvalue weighted by molar-refractivity contribution is -0.140. The summed E-state index contributed by atoms with van der Waals surface area (Å²) in [7, 11) is -3.85. The number of hydrogen-bond donors (Lipinski definition) is 1. The molecule has 0 bridgehead atoms. The van der Waals surface area contributed by atoms with E-state index < -0.39 is 28.5 Å². The zero-order valence-corrected chi connectivity index (χ0v) is 22.5. The molecule has 11 heteroatoms. The number of nitrogens with one attached hydrogen (secondary N) is 1. The predicted molar refractivity (Wildman–Crippen MR) is 138 cm³/mol. The van der Waals surface area contributed by atoms with Gasteiger partial charge < -0.3 is 10.2 Å². The molecule has 2 aromatic carbocycles. The predicted octanol–water partition coefficient (Wildman–Crippen LogP) is 4.66. The summed E-state index contributed by atoms with van der Waals surface area (Å²) < 4.78 is 26.3. The van der Waals surface area contributed by atoms with Gasteiger partial charge in [-0.25, -0.2) is 8.42 Å². The molecule has 2 rings (SSSR count). The van der Waals surface area contributed by atoms with Crippen LogP contribution in [0.1, 0.15) is 31.4 Å². The fourth-order valence-corrected chi connectivity index (χ4v) is 4.90. The van der Waals surface area contributed by atoms with Gasteiger partial charge >= 0.3 is 0 Å². The van der Waals surface area contributed by atoms with Crippen molar-refractivity contribution in [1.82, 2.24) is 10.2 Å². The molecule has 1 atom stereocenters. The highest BCUT2D eigenvalue weighted by molar-refractivity contribution is 7.92. The van der Waals surface area contributed by atoms with Crippen molar-refractivity contribution in [3.05, 3.63) is 62.6 Å². The summed E-state index contributed by atoms with van der Waals surface area (Å²) >= 11 is 18.4. The van der Waals surface area contributed by atoms with Gasteiger partial charge in [0.15, 0.2) is 0 Å². The monoisotopic (exact) mass is 547 g/mol. The van der Waals surface area contributed by atoms with Crippen molar-refractivity contribution in [2.45, 2.75) is 39.8 Å². The summed E-state index contributed by atoms with van der Waals surface area (Å²) in [5, 5.41) is 3.79. The standard InChI is InChI=1S/C23H28Cl3N3O4S/c1-5-20(23(31)27-6-2)28(13-16-10-11-18(25)19(26)12-16)22(30)14-29(34(4,32)33)21-9-7-8-17(24)15(21)3/h7-12,20H,5-6,13-14H2,1-4H3,(H,27,31). The van der Waals surface area contributed by atoms with E-state index >= 15 is 0 Å². The first-order valence-electron chi connectivity index (χ1n) is 10.6. The van der Waals surface area contributed by atoms with Crippen LogP contribution in [0.4, 0.5) is 5.69 Å². The first-order valence-corrected chi connectivity index (χ1v) is 13.6. The van der Waals surface area contributed by atoms with E-state index in [0.29, 0.717) is 44.8 Å². The first-order chi connectivity index (χ1) is 15.9. The van der Waals surface area contributed by atoms with E-state index in [-0.39, 0.29) is 12.5 Å². The van der Waals surface area contributed by atoms with Gasteiger partial charge in [-0.1, -0.05) is 53.9 Å². The summed E-state index contributed by atoms with van der Waals surface area (Å²) in [5.41, 5.74) is 1.47. The lowest BCUT2D eigenvalue weighted by atomic mass is 10.1. The minimum absolute atomic E-state index is 0.0392. The molecule has 7 nitrogen and oxygen atoms in total. The summed E-state index contributed by atoms with van der Waals surface area (Å²) in [5.74, 6) is -0.878. The van der Waals surface area contributed by atoms with E-state index in [1.807, 2.05) is 0 Å². The normalized spacial score (nSPS) is 12.2. The molecule has 1 unspecified atom stereocenters. The third-order valence-electron chi connectivity index (χ3n) is 5.26. The average molecular weight is 549 g/mol. The van der Waals surface area contributed by atoms with E-state index in [2.05, 4.69) is 5.32 Å². The first kappa shape index (κ1) is 28.2. The topological polar surface area (TPSA) is 86.8 Å². The maximum absolute atomic E-state index is 13.6. The van der Waals surface area contributed by atoms with E-state index in [1.54, 1.807) is 57.2 Å². The molecule has 0 radical (unpaired) electrons. The number of hydrogen-bond acceptors (Lipinski definition) is 4. The van der Waals surface area contributed by atoms with Crippen molar-refractivity contribution >= 4 is 62.3 Å². The lowest BCUT2D eigenvalue weighted by Crippen LogP contribution is -2.52. The van der Waals surface area contributed by atoms with Crippen LogP contribution in [-0.4, -0.2) is 50.5 Å². The fraction of sp³-hybridized carbons (Fsp3) is 0.391. The molecule has 34 heavy (non-hydrogen) atoms. The zero-order valence-electron chi connectivity index (χ0n) is 19.4. The van der Waals surface area contributed by atoms with Gasteiger partial charge in [-0.3, -0.25) is 13.9 Å². The quantitative estimate of drug-likeness (QED) is 0.468. The van der Waals surface area contributed by atoms with Gasteiger partial charge in [0.1, 0.15) is 12.6 Å². The number of rotatable bonds is 10. The van der Waals surface area contributed by atoms with Crippen molar-refractivity contribution in [3.8, 4) is 0 Å². The van der Waals surface area contributed by atoms with Crippen LogP contribution in [0.3, 0.4) is 0 Å². The summed E-state index contributed by atoms with van der Waals surface area (Å²) in [6.07, 6.45) is 1.35. The van der Waals surface area contributed by atoms with Crippen LogP contribution < -0.4 is 9.62 Å². The number of halogens is 3. The maximum atomic E-state index is 13.6. The molecule has 2 amide bonds. The minimum Gasteiger partial charge on any atom is -0.355 e. The van der Waals surface area contributed by atoms with Crippen LogP contribution in [0.15, 0.2) is 36.4 Å². The van der Waals surface area contributed by atoms with Gasteiger partial charge in [-0.05, 0) is 55.7 Å². The zero-order chi connectivity index (χ0) is 25.6. The summed E-state index contributed by atoms with van der Waals surface area (Å²) in [6.45, 7) is 5.17. The van der Waals surface area contributed by atoms with Crippen molar-refractivity contribution < 1.29 is 18.0 Å². The molecule has 0 spiro atoms. The van der Waals surface area contributed by atoms with E-state index in [0.717, 1.165) is 10.6 Å². The highest BCUT2D eigenvalue weighted by Gasteiger charge is 2.32. The summed E-state index contributed by atoms with van der Waals surface area (Å²) in [6, 6.07) is 8.95.